The third-order valence-electron chi connectivity index (χ3n) is 5.62. The van der Waals surface area contributed by atoms with Crippen LogP contribution in [0, 0.1) is 0 Å². The standard InChI is InChI=1S/C27H23ClN4O3S/c1-3-35-26(33)25-30-32(22-13-15-23(34-2)16-14-22)27(36-25)18-17-24(19-9-11-20(28)12-10-19)29-31(27)21-7-5-4-6-8-21/h4-18H,3H2,1-2H3/t27-/m1/s1. The van der Waals surface area contributed by atoms with E-state index in [2.05, 4.69) is 0 Å². The summed E-state index contributed by atoms with van der Waals surface area (Å²) in [7, 11) is 1.62. The van der Waals surface area contributed by atoms with Crippen LogP contribution in [0.2, 0.25) is 5.02 Å². The van der Waals surface area contributed by atoms with Gasteiger partial charge in [-0.2, -0.15) is 10.2 Å². The predicted octanol–water partition coefficient (Wildman–Crippen LogP) is 5.91. The number of hydrazone groups is 2. The first-order valence-corrected chi connectivity index (χ1v) is 12.5. The summed E-state index contributed by atoms with van der Waals surface area (Å²) in [4.78, 5) is 11.8. The van der Waals surface area contributed by atoms with Crippen LogP contribution < -0.4 is 14.8 Å². The minimum atomic E-state index is -0.992. The third kappa shape index (κ3) is 4.45. The Morgan fingerprint density at radius 3 is 2.28 bits per heavy atom. The molecule has 0 radical (unpaired) electrons. The van der Waals surface area contributed by atoms with Crippen LogP contribution in [0.4, 0.5) is 11.4 Å². The number of carbonyl (C=O) groups excluding carboxylic acids is 1. The SMILES string of the molecule is CCOC(=O)C1=NN(c2ccc(OC)cc2)[C@]2(C=CC(c3ccc(Cl)cc3)=NN2c2ccccc2)S1. The molecule has 1 atom stereocenters. The maximum absolute atomic E-state index is 12.8. The van der Waals surface area contributed by atoms with Crippen molar-refractivity contribution in [3.63, 3.8) is 0 Å². The second kappa shape index (κ2) is 10.1. The Morgan fingerprint density at radius 2 is 1.61 bits per heavy atom. The number of hydrogen-bond acceptors (Lipinski definition) is 8. The highest BCUT2D eigenvalue weighted by Crippen LogP contribution is 2.48. The number of halogens is 1. The highest BCUT2D eigenvalue weighted by molar-refractivity contribution is 8.17. The lowest BCUT2D eigenvalue weighted by Crippen LogP contribution is -2.53. The van der Waals surface area contributed by atoms with E-state index in [1.807, 2.05) is 96.0 Å². The second-order valence-corrected chi connectivity index (χ2v) is 9.50. The molecule has 0 saturated heterocycles. The van der Waals surface area contributed by atoms with Gasteiger partial charge in [-0.1, -0.05) is 41.9 Å². The number of methoxy groups -OCH3 is 1. The molecule has 2 aliphatic heterocycles. The molecule has 2 aliphatic rings. The zero-order chi connectivity index (χ0) is 25.1. The topological polar surface area (TPSA) is 66.7 Å². The number of nitrogens with zero attached hydrogens (tertiary/aromatic N) is 4. The molecule has 3 aromatic carbocycles. The van der Waals surface area contributed by atoms with Gasteiger partial charge < -0.3 is 9.47 Å². The van der Waals surface area contributed by atoms with Gasteiger partial charge >= 0.3 is 5.97 Å². The summed E-state index contributed by atoms with van der Waals surface area (Å²) >= 11 is 7.39. The van der Waals surface area contributed by atoms with E-state index in [4.69, 9.17) is 31.3 Å². The van der Waals surface area contributed by atoms with Crippen molar-refractivity contribution in [2.75, 3.05) is 23.7 Å². The van der Waals surface area contributed by atoms with Gasteiger partial charge in [-0.25, -0.2) is 14.8 Å². The number of allylic oxidation sites excluding steroid dienone is 1. The molecule has 7 nitrogen and oxygen atoms in total. The molecule has 0 fully saturated rings. The van der Waals surface area contributed by atoms with Gasteiger partial charge in [0.2, 0.25) is 10.0 Å². The van der Waals surface area contributed by atoms with Gasteiger partial charge in [-0.3, -0.25) is 0 Å². The smallest absolute Gasteiger partial charge is 0.365 e. The molecule has 0 amide bonds. The molecular weight excluding hydrogens is 496 g/mol. The van der Waals surface area contributed by atoms with Crippen molar-refractivity contribution in [1.29, 1.82) is 0 Å². The summed E-state index contributed by atoms with van der Waals surface area (Å²) < 4.78 is 10.6. The van der Waals surface area contributed by atoms with Crippen LogP contribution in [0.5, 0.6) is 5.75 Å². The molecule has 2 heterocycles. The summed E-state index contributed by atoms with van der Waals surface area (Å²) in [5, 5.41) is 14.3. The van der Waals surface area contributed by atoms with Crippen molar-refractivity contribution in [2.24, 2.45) is 10.2 Å². The first-order valence-electron chi connectivity index (χ1n) is 11.3. The first-order chi connectivity index (χ1) is 17.5. The average molecular weight is 519 g/mol. The molecule has 3 aromatic rings. The molecule has 36 heavy (non-hydrogen) atoms. The van der Waals surface area contributed by atoms with Crippen LogP contribution >= 0.6 is 23.4 Å². The average Bonchev–Trinajstić information content (AvgIpc) is 3.30. The monoisotopic (exact) mass is 518 g/mol. The van der Waals surface area contributed by atoms with Crippen molar-refractivity contribution in [2.45, 2.75) is 11.9 Å². The van der Waals surface area contributed by atoms with Gasteiger partial charge in [0, 0.05) is 10.6 Å². The third-order valence-corrected chi connectivity index (χ3v) is 7.09. The Labute approximate surface area is 218 Å². The van der Waals surface area contributed by atoms with Crippen LogP contribution in [0.25, 0.3) is 0 Å². The lowest BCUT2D eigenvalue weighted by atomic mass is 10.1. The Bertz CT molecular complexity index is 1340. The number of esters is 1. The van der Waals surface area contributed by atoms with Gasteiger partial charge in [0.25, 0.3) is 0 Å². The maximum atomic E-state index is 12.8. The zero-order valence-electron chi connectivity index (χ0n) is 19.7. The lowest BCUT2D eigenvalue weighted by Gasteiger charge is -2.43. The van der Waals surface area contributed by atoms with E-state index >= 15 is 0 Å². The maximum Gasteiger partial charge on any atom is 0.365 e. The fraction of sp³-hybridized carbons (Fsp3) is 0.148. The van der Waals surface area contributed by atoms with Crippen LogP contribution in [0.3, 0.4) is 0 Å². The Kier molecular flexibility index (Phi) is 6.71. The minimum absolute atomic E-state index is 0.239. The van der Waals surface area contributed by atoms with E-state index in [1.54, 1.807) is 19.0 Å². The van der Waals surface area contributed by atoms with Crippen molar-refractivity contribution >= 4 is 51.5 Å². The number of hydrogen-bond donors (Lipinski definition) is 0. The predicted molar refractivity (Wildman–Crippen MR) is 146 cm³/mol. The number of carbonyl (C=O) groups is 1. The Hall–Kier alpha value is -3.75. The molecular formula is C27H23ClN4O3S. The van der Waals surface area contributed by atoms with E-state index in [1.165, 1.54) is 11.8 Å². The molecule has 0 saturated carbocycles. The van der Waals surface area contributed by atoms with E-state index in [-0.39, 0.29) is 11.7 Å². The fourth-order valence-electron chi connectivity index (χ4n) is 3.90. The van der Waals surface area contributed by atoms with Crippen molar-refractivity contribution < 1.29 is 14.3 Å². The van der Waals surface area contributed by atoms with E-state index in [9.17, 15) is 4.79 Å². The Balaban J connectivity index is 1.64. The normalized spacial score (nSPS) is 18.8. The number of para-hydroxylation sites is 1. The molecule has 0 unspecified atom stereocenters. The zero-order valence-corrected chi connectivity index (χ0v) is 21.2. The van der Waals surface area contributed by atoms with Crippen molar-refractivity contribution in [1.82, 2.24) is 0 Å². The molecule has 0 bridgehead atoms. The number of ether oxygens (including phenoxy) is 2. The van der Waals surface area contributed by atoms with Gasteiger partial charge in [-0.15, -0.1) is 0 Å². The summed E-state index contributed by atoms with van der Waals surface area (Å²) in [6.07, 6.45) is 3.94. The molecule has 0 aromatic heterocycles. The van der Waals surface area contributed by atoms with Gasteiger partial charge in [0.1, 0.15) is 5.75 Å². The van der Waals surface area contributed by atoms with Crippen LogP contribution in [0.1, 0.15) is 12.5 Å². The number of anilines is 2. The molecule has 182 valence electrons. The summed E-state index contributed by atoms with van der Waals surface area (Å²) in [6.45, 7) is 2.03. The molecule has 5 rings (SSSR count). The van der Waals surface area contributed by atoms with E-state index in [0.29, 0.717) is 5.02 Å². The quantitative estimate of drug-likeness (QED) is 0.378. The molecule has 0 N–H and O–H groups in total. The summed E-state index contributed by atoms with van der Waals surface area (Å²) in [6, 6.07) is 24.8. The van der Waals surface area contributed by atoms with Crippen LogP contribution in [-0.4, -0.2) is 35.4 Å². The van der Waals surface area contributed by atoms with Gasteiger partial charge in [-0.05, 0) is 79.4 Å². The van der Waals surface area contributed by atoms with Gasteiger partial charge in [0.05, 0.1) is 30.8 Å². The number of benzene rings is 3. The van der Waals surface area contributed by atoms with Crippen LogP contribution in [0.15, 0.2) is 101 Å². The van der Waals surface area contributed by atoms with E-state index in [0.717, 1.165) is 28.4 Å². The van der Waals surface area contributed by atoms with E-state index < -0.39 is 11.0 Å². The van der Waals surface area contributed by atoms with Crippen molar-refractivity contribution in [3.05, 3.63) is 102 Å². The van der Waals surface area contributed by atoms with Crippen molar-refractivity contribution in [3.8, 4) is 5.75 Å². The first kappa shape index (κ1) is 24.0. The highest BCUT2D eigenvalue weighted by atomic mass is 35.5. The number of thioether (sulfide) groups is 1. The van der Waals surface area contributed by atoms with Crippen LogP contribution in [-0.2, 0) is 9.53 Å². The summed E-state index contributed by atoms with van der Waals surface area (Å²) in [5.41, 5.74) is 3.26. The largest absolute Gasteiger partial charge is 0.497 e. The lowest BCUT2D eigenvalue weighted by molar-refractivity contribution is -0.134. The second-order valence-electron chi connectivity index (χ2n) is 7.87. The number of rotatable bonds is 6. The fourth-order valence-corrected chi connectivity index (χ4v) is 5.18. The molecule has 9 heteroatoms. The summed E-state index contributed by atoms with van der Waals surface area (Å²) in [5.74, 6) is 0.239. The highest BCUT2D eigenvalue weighted by Gasteiger charge is 2.51. The Morgan fingerprint density at radius 1 is 0.944 bits per heavy atom. The van der Waals surface area contributed by atoms with Gasteiger partial charge in [0.15, 0.2) is 0 Å². The molecule has 0 aliphatic carbocycles. The molecule has 1 spiro atoms. The minimum Gasteiger partial charge on any atom is -0.497 e.